The molecule has 0 fully saturated rings. The van der Waals surface area contributed by atoms with Crippen LogP contribution in [0.5, 0.6) is 0 Å². The molecule has 8 heteroatoms. The number of anilines is 2. The average Bonchev–Trinajstić information content (AvgIpc) is 2.54. The lowest BCUT2D eigenvalue weighted by Gasteiger charge is -2.22. The molecule has 1 aromatic rings. The number of rotatable bonds is 7. The number of methoxy groups -OCH3 is 2. The van der Waals surface area contributed by atoms with E-state index in [2.05, 4.69) is 15.4 Å². The summed E-state index contributed by atoms with van der Waals surface area (Å²) < 4.78 is 15.2. The molecule has 25 heavy (non-hydrogen) atoms. The van der Waals surface area contributed by atoms with Crippen molar-refractivity contribution in [2.24, 2.45) is 0 Å². The van der Waals surface area contributed by atoms with E-state index in [-0.39, 0.29) is 12.6 Å². The maximum atomic E-state index is 11.7. The molecule has 0 saturated carbocycles. The van der Waals surface area contributed by atoms with Crippen LogP contribution in [0, 0.1) is 0 Å². The predicted octanol–water partition coefficient (Wildman–Crippen LogP) is 2.01. The average molecular weight is 353 g/mol. The fourth-order valence-corrected chi connectivity index (χ4v) is 1.93. The van der Waals surface area contributed by atoms with E-state index in [9.17, 15) is 9.59 Å². The van der Waals surface area contributed by atoms with E-state index in [4.69, 9.17) is 15.2 Å². The Hall–Kier alpha value is -2.48. The largest absolute Gasteiger partial charge is 0.465 e. The van der Waals surface area contributed by atoms with E-state index in [1.807, 2.05) is 0 Å². The number of nitrogens with one attached hydrogen (secondary N) is 2. The van der Waals surface area contributed by atoms with Crippen molar-refractivity contribution >= 4 is 23.4 Å². The monoisotopic (exact) mass is 353 g/mol. The SMILES string of the molecule is COC(=O)c1ccc(N)c(NCC(CNC(=O)OC(C)(C)C)OC)c1. The van der Waals surface area contributed by atoms with Crippen LogP contribution < -0.4 is 16.4 Å². The Morgan fingerprint density at radius 3 is 2.44 bits per heavy atom. The molecular weight excluding hydrogens is 326 g/mol. The molecule has 140 valence electrons. The highest BCUT2D eigenvalue weighted by atomic mass is 16.6. The first-order chi connectivity index (χ1) is 11.7. The van der Waals surface area contributed by atoms with Crippen molar-refractivity contribution in [2.45, 2.75) is 32.5 Å². The fraction of sp³-hybridized carbons (Fsp3) is 0.529. The fourth-order valence-electron chi connectivity index (χ4n) is 1.93. The first-order valence-corrected chi connectivity index (χ1v) is 7.87. The molecule has 0 saturated heterocycles. The predicted molar refractivity (Wildman–Crippen MR) is 95.7 cm³/mol. The van der Waals surface area contributed by atoms with Crippen LogP contribution >= 0.6 is 0 Å². The Morgan fingerprint density at radius 1 is 1.20 bits per heavy atom. The van der Waals surface area contributed by atoms with Gasteiger partial charge in [-0.3, -0.25) is 0 Å². The van der Waals surface area contributed by atoms with Crippen molar-refractivity contribution in [2.75, 3.05) is 38.4 Å². The lowest BCUT2D eigenvalue weighted by molar-refractivity contribution is 0.0468. The molecule has 1 aromatic carbocycles. The van der Waals surface area contributed by atoms with Gasteiger partial charge in [-0.25, -0.2) is 9.59 Å². The Labute approximate surface area is 148 Å². The minimum Gasteiger partial charge on any atom is -0.465 e. The first kappa shape index (κ1) is 20.6. The Balaban J connectivity index is 2.59. The molecule has 1 amide bonds. The van der Waals surface area contributed by atoms with Crippen LogP contribution in [-0.2, 0) is 14.2 Å². The van der Waals surface area contributed by atoms with Crippen molar-refractivity contribution < 1.29 is 23.8 Å². The summed E-state index contributed by atoms with van der Waals surface area (Å²) in [5.41, 5.74) is 6.81. The van der Waals surface area contributed by atoms with Crippen LogP contribution in [-0.4, -0.2) is 51.1 Å². The third kappa shape index (κ3) is 7.30. The van der Waals surface area contributed by atoms with Crippen molar-refractivity contribution in [1.29, 1.82) is 0 Å². The maximum Gasteiger partial charge on any atom is 0.407 e. The summed E-state index contributed by atoms with van der Waals surface area (Å²) in [5, 5.41) is 5.75. The van der Waals surface area contributed by atoms with Gasteiger partial charge < -0.3 is 30.6 Å². The summed E-state index contributed by atoms with van der Waals surface area (Å²) in [4.78, 5) is 23.3. The zero-order chi connectivity index (χ0) is 19.0. The number of hydrogen-bond donors (Lipinski definition) is 3. The van der Waals surface area contributed by atoms with Gasteiger partial charge in [0.15, 0.2) is 0 Å². The second-order valence-electron chi connectivity index (χ2n) is 6.42. The van der Waals surface area contributed by atoms with Crippen LogP contribution in [0.4, 0.5) is 16.2 Å². The third-order valence-electron chi connectivity index (χ3n) is 3.20. The van der Waals surface area contributed by atoms with Crippen LogP contribution in [0.1, 0.15) is 31.1 Å². The third-order valence-corrected chi connectivity index (χ3v) is 3.20. The molecule has 0 bridgehead atoms. The summed E-state index contributed by atoms with van der Waals surface area (Å²) >= 11 is 0. The smallest absolute Gasteiger partial charge is 0.407 e. The summed E-state index contributed by atoms with van der Waals surface area (Å²) in [5.74, 6) is -0.446. The van der Waals surface area contributed by atoms with E-state index in [1.165, 1.54) is 14.2 Å². The number of nitrogen functional groups attached to an aromatic ring is 1. The number of ether oxygens (including phenoxy) is 3. The minimum atomic E-state index is -0.562. The van der Waals surface area contributed by atoms with Crippen molar-refractivity contribution in [3.63, 3.8) is 0 Å². The Bertz CT molecular complexity index is 598. The number of alkyl carbamates (subject to hydrolysis) is 1. The van der Waals surface area contributed by atoms with Gasteiger partial charge in [0.2, 0.25) is 0 Å². The van der Waals surface area contributed by atoms with Gasteiger partial charge in [0.25, 0.3) is 0 Å². The van der Waals surface area contributed by atoms with Crippen LogP contribution in [0.2, 0.25) is 0 Å². The molecule has 0 radical (unpaired) electrons. The molecule has 0 aliphatic rings. The quantitative estimate of drug-likeness (QED) is 0.508. The van der Waals surface area contributed by atoms with Crippen LogP contribution in [0.15, 0.2) is 18.2 Å². The van der Waals surface area contributed by atoms with E-state index >= 15 is 0 Å². The molecule has 4 N–H and O–H groups in total. The van der Waals surface area contributed by atoms with Gasteiger partial charge in [-0.05, 0) is 39.0 Å². The highest BCUT2D eigenvalue weighted by Gasteiger charge is 2.17. The van der Waals surface area contributed by atoms with Crippen LogP contribution in [0.25, 0.3) is 0 Å². The number of benzene rings is 1. The van der Waals surface area contributed by atoms with Crippen molar-refractivity contribution in [1.82, 2.24) is 5.32 Å². The highest BCUT2D eigenvalue weighted by molar-refractivity contribution is 5.91. The van der Waals surface area contributed by atoms with Gasteiger partial charge in [-0.1, -0.05) is 0 Å². The van der Waals surface area contributed by atoms with Gasteiger partial charge in [0.1, 0.15) is 5.60 Å². The van der Waals surface area contributed by atoms with Gasteiger partial charge >= 0.3 is 12.1 Å². The number of amides is 1. The molecule has 0 aromatic heterocycles. The summed E-state index contributed by atoms with van der Waals surface area (Å²) in [6.07, 6.45) is -0.824. The van der Waals surface area contributed by atoms with E-state index in [1.54, 1.807) is 39.0 Å². The molecule has 8 nitrogen and oxygen atoms in total. The maximum absolute atomic E-state index is 11.7. The number of nitrogens with two attached hydrogens (primary N) is 1. The standard InChI is InChI=1S/C17H27N3O5/c1-17(2,3)25-16(22)20-10-12(23-4)9-19-14-8-11(15(21)24-5)6-7-13(14)18/h6-8,12,19H,9-10,18H2,1-5H3,(H,20,22). The highest BCUT2D eigenvalue weighted by Crippen LogP contribution is 2.20. The molecule has 1 atom stereocenters. The van der Waals surface area contributed by atoms with Gasteiger partial charge in [-0.15, -0.1) is 0 Å². The number of carbonyl (C=O) groups is 2. The molecular formula is C17H27N3O5. The zero-order valence-corrected chi connectivity index (χ0v) is 15.3. The van der Waals surface area contributed by atoms with E-state index in [0.717, 1.165) is 0 Å². The van der Waals surface area contributed by atoms with E-state index in [0.29, 0.717) is 23.5 Å². The topological polar surface area (TPSA) is 112 Å². The van der Waals surface area contributed by atoms with E-state index < -0.39 is 17.7 Å². The number of hydrogen-bond acceptors (Lipinski definition) is 7. The lowest BCUT2D eigenvalue weighted by Crippen LogP contribution is -2.39. The lowest BCUT2D eigenvalue weighted by atomic mass is 10.1. The molecule has 0 spiro atoms. The summed E-state index contributed by atoms with van der Waals surface area (Å²) in [6.45, 7) is 6.01. The number of esters is 1. The molecule has 0 heterocycles. The van der Waals surface area contributed by atoms with Gasteiger partial charge in [-0.2, -0.15) is 0 Å². The second-order valence-corrected chi connectivity index (χ2v) is 6.42. The first-order valence-electron chi connectivity index (χ1n) is 7.87. The minimum absolute atomic E-state index is 0.259. The molecule has 1 unspecified atom stereocenters. The summed E-state index contributed by atoms with van der Waals surface area (Å²) in [6, 6.07) is 4.81. The normalized spacial score (nSPS) is 12.2. The van der Waals surface area contributed by atoms with Crippen molar-refractivity contribution in [3.8, 4) is 0 Å². The Kier molecular flexibility index (Phi) is 7.50. The van der Waals surface area contributed by atoms with Crippen LogP contribution in [0.3, 0.4) is 0 Å². The van der Waals surface area contributed by atoms with Gasteiger partial charge in [0, 0.05) is 20.2 Å². The molecule has 0 aliphatic carbocycles. The summed E-state index contributed by atoms with van der Waals surface area (Å²) in [7, 11) is 2.85. The molecule has 1 rings (SSSR count). The molecule has 0 aliphatic heterocycles. The number of carbonyl (C=O) groups excluding carboxylic acids is 2. The van der Waals surface area contributed by atoms with Gasteiger partial charge in [0.05, 0.1) is 30.2 Å². The van der Waals surface area contributed by atoms with Crippen molar-refractivity contribution in [3.05, 3.63) is 23.8 Å². The zero-order valence-electron chi connectivity index (χ0n) is 15.3. The second kappa shape index (κ2) is 9.12. The Morgan fingerprint density at radius 2 is 1.88 bits per heavy atom.